The van der Waals surface area contributed by atoms with Crippen molar-refractivity contribution in [3.63, 3.8) is 0 Å². The number of carboxylic acid groups (broad SMARTS) is 1. The third-order valence-electron chi connectivity index (χ3n) is 2.38. The fourth-order valence-corrected chi connectivity index (χ4v) is 1.57. The number of rotatable bonds is 3. The van der Waals surface area contributed by atoms with Gasteiger partial charge in [-0.15, -0.1) is 0 Å². The maximum atomic E-state index is 10.9. The van der Waals surface area contributed by atoms with E-state index >= 15 is 0 Å². The minimum absolute atomic E-state index is 0.289. The molecule has 82 valence electrons. The van der Waals surface area contributed by atoms with E-state index in [1.54, 1.807) is 35.0 Å². The van der Waals surface area contributed by atoms with Crippen LogP contribution in [0.1, 0.15) is 16.1 Å². The summed E-state index contributed by atoms with van der Waals surface area (Å²) in [5.41, 5.74) is 7.59. The molecular formula is C12H12N2O2. The van der Waals surface area contributed by atoms with E-state index in [0.29, 0.717) is 12.2 Å². The summed E-state index contributed by atoms with van der Waals surface area (Å²) in [6.45, 7) is 0.537. The zero-order valence-corrected chi connectivity index (χ0v) is 8.63. The largest absolute Gasteiger partial charge is 0.477 e. The van der Waals surface area contributed by atoms with Gasteiger partial charge in [-0.3, -0.25) is 0 Å². The molecule has 4 nitrogen and oxygen atoms in total. The molecule has 2 aromatic rings. The number of benzene rings is 1. The summed E-state index contributed by atoms with van der Waals surface area (Å²) in [5, 5.41) is 8.94. The van der Waals surface area contributed by atoms with Crippen LogP contribution >= 0.6 is 0 Å². The van der Waals surface area contributed by atoms with Gasteiger partial charge >= 0.3 is 5.97 Å². The van der Waals surface area contributed by atoms with Crippen molar-refractivity contribution >= 4 is 11.7 Å². The van der Waals surface area contributed by atoms with E-state index in [0.717, 1.165) is 5.56 Å². The van der Waals surface area contributed by atoms with Gasteiger partial charge in [0.05, 0.1) is 0 Å². The number of nitrogens with zero attached hydrogens (tertiary/aromatic N) is 1. The molecule has 1 aromatic heterocycles. The quantitative estimate of drug-likeness (QED) is 0.769. The molecule has 0 fully saturated rings. The topological polar surface area (TPSA) is 68.2 Å². The average Bonchev–Trinajstić information content (AvgIpc) is 2.69. The highest BCUT2D eigenvalue weighted by Crippen LogP contribution is 2.10. The summed E-state index contributed by atoms with van der Waals surface area (Å²) in [5.74, 6) is -0.916. The Balaban J connectivity index is 2.23. The Hall–Kier alpha value is -2.23. The highest BCUT2D eigenvalue weighted by molar-refractivity contribution is 5.85. The Kier molecular flexibility index (Phi) is 2.64. The molecule has 0 bridgehead atoms. The lowest BCUT2D eigenvalue weighted by atomic mass is 10.2. The molecule has 0 atom stereocenters. The lowest BCUT2D eigenvalue weighted by Gasteiger charge is -2.06. The molecule has 0 aliphatic rings. The van der Waals surface area contributed by atoms with Gasteiger partial charge in [0.1, 0.15) is 5.69 Å². The summed E-state index contributed by atoms with van der Waals surface area (Å²) in [6, 6.07) is 10.7. The molecule has 3 N–H and O–H groups in total. The van der Waals surface area contributed by atoms with Gasteiger partial charge in [0.15, 0.2) is 0 Å². The summed E-state index contributed by atoms with van der Waals surface area (Å²) < 4.78 is 1.69. The molecule has 0 unspecified atom stereocenters. The van der Waals surface area contributed by atoms with E-state index in [1.165, 1.54) is 0 Å². The first-order chi connectivity index (χ1) is 7.66. The number of aromatic nitrogens is 1. The lowest BCUT2D eigenvalue weighted by Crippen LogP contribution is -2.08. The highest BCUT2D eigenvalue weighted by atomic mass is 16.4. The van der Waals surface area contributed by atoms with Crippen molar-refractivity contribution < 1.29 is 9.90 Å². The number of hydrogen-bond acceptors (Lipinski definition) is 2. The van der Waals surface area contributed by atoms with E-state index in [-0.39, 0.29) is 5.69 Å². The Morgan fingerprint density at radius 2 is 1.94 bits per heavy atom. The number of nitrogen functional groups attached to an aromatic ring is 1. The number of carboxylic acids is 1. The Bertz CT molecular complexity index is 500. The molecule has 0 spiro atoms. The monoisotopic (exact) mass is 216 g/mol. The Morgan fingerprint density at radius 3 is 2.56 bits per heavy atom. The van der Waals surface area contributed by atoms with Gasteiger partial charge in [0.25, 0.3) is 0 Å². The van der Waals surface area contributed by atoms with Crippen LogP contribution in [0.25, 0.3) is 0 Å². The van der Waals surface area contributed by atoms with Gasteiger partial charge in [-0.2, -0.15) is 0 Å². The molecule has 0 saturated heterocycles. The van der Waals surface area contributed by atoms with Crippen LogP contribution in [0, 0.1) is 0 Å². The van der Waals surface area contributed by atoms with Crippen molar-refractivity contribution in [2.24, 2.45) is 0 Å². The summed E-state index contributed by atoms with van der Waals surface area (Å²) in [7, 11) is 0. The first-order valence-electron chi connectivity index (χ1n) is 4.89. The molecule has 16 heavy (non-hydrogen) atoms. The lowest BCUT2D eigenvalue weighted by molar-refractivity contribution is 0.0685. The van der Waals surface area contributed by atoms with Gasteiger partial charge in [-0.25, -0.2) is 4.79 Å². The molecule has 0 saturated carbocycles. The molecule has 1 aromatic carbocycles. The van der Waals surface area contributed by atoms with Crippen LogP contribution in [-0.4, -0.2) is 15.6 Å². The smallest absolute Gasteiger partial charge is 0.352 e. The van der Waals surface area contributed by atoms with Crippen molar-refractivity contribution in [1.82, 2.24) is 4.57 Å². The number of nitrogens with two attached hydrogens (primary N) is 1. The Labute approximate surface area is 92.9 Å². The van der Waals surface area contributed by atoms with Gasteiger partial charge < -0.3 is 15.4 Å². The molecule has 0 aliphatic carbocycles. The zero-order valence-electron chi connectivity index (χ0n) is 8.63. The molecule has 0 radical (unpaired) electrons. The van der Waals surface area contributed by atoms with Gasteiger partial charge in [-0.05, 0) is 29.8 Å². The average molecular weight is 216 g/mol. The van der Waals surface area contributed by atoms with Crippen molar-refractivity contribution in [3.05, 3.63) is 53.9 Å². The third-order valence-corrected chi connectivity index (χ3v) is 2.38. The molecular weight excluding hydrogens is 204 g/mol. The summed E-state index contributed by atoms with van der Waals surface area (Å²) in [4.78, 5) is 10.9. The predicted molar refractivity (Wildman–Crippen MR) is 61.3 cm³/mol. The van der Waals surface area contributed by atoms with Crippen LogP contribution in [0.15, 0.2) is 42.6 Å². The highest BCUT2D eigenvalue weighted by Gasteiger charge is 2.08. The predicted octanol–water partition coefficient (Wildman–Crippen LogP) is 1.82. The first kappa shape index (κ1) is 10.3. The molecule has 4 heteroatoms. The minimum Gasteiger partial charge on any atom is -0.477 e. The normalized spacial score (nSPS) is 10.2. The van der Waals surface area contributed by atoms with Crippen LogP contribution < -0.4 is 5.73 Å². The van der Waals surface area contributed by atoms with E-state index in [2.05, 4.69) is 0 Å². The van der Waals surface area contributed by atoms with Gasteiger partial charge in [0, 0.05) is 18.4 Å². The van der Waals surface area contributed by atoms with Crippen LogP contribution in [0.4, 0.5) is 5.69 Å². The number of hydrogen-bond donors (Lipinski definition) is 2. The zero-order chi connectivity index (χ0) is 11.5. The maximum Gasteiger partial charge on any atom is 0.352 e. The first-order valence-corrected chi connectivity index (χ1v) is 4.89. The molecule has 0 amide bonds. The minimum atomic E-state index is -0.916. The summed E-state index contributed by atoms with van der Waals surface area (Å²) in [6.07, 6.45) is 1.75. The van der Waals surface area contributed by atoms with E-state index in [4.69, 9.17) is 10.8 Å². The number of carbonyl (C=O) groups is 1. The van der Waals surface area contributed by atoms with Gasteiger partial charge in [0.2, 0.25) is 0 Å². The second kappa shape index (κ2) is 4.10. The van der Waals surface area contributed by atoms with Crippen LogP contribution in [0.5, 0.6) is 0 Å². The molecule has 0 aliphatic heterocycles. The van der Waals surface area contributed by atoms with Crippen LogP contribution in [0.2, 0.25) is 0 Å². The molecule has 1 heterocycles. The van der Waals surface area contributed by atoms with Crippen molar-refractivity contribution in [2.45, 2.75) is 6.54 Å². The fraction of sp³-hybridized carbons (Fsp3) is 0.0833. The maximum absolute atomic E-state index is 10.9. The second-order valence-electron chi connectivity index (χ2n) is 3.57. The summed E-state index contributed by atoms with van der Waals surface area (Å²) >= 11 is 0. The van der Waals surface area contributed by atoms with Crippen molar-refractivity contribution in [1.29, 1.82) is 0 Å². The van der Waals surface area contributed by atoms with Gasteiger partial charge in [-0.1, -0.05) is 12.1 Å². The number of anilines is 1. The molecule has 2 rings (SSSR count). The fourth-order valence-electron chi connectivity index (χ4n) is 1.57. The van der Waals surface area contributed by atoms with E-state index in [1.807, 2.05) is 12.1 Å². The van der Waals surface area contributed by atoms with E-state index < -0.39 is 5.97 Å². The van der Waals surface area contributed by atoms with Crippen LogP contribution in [-0.2, 0) is 6.54 Å². The van der Waals surface area contributed by atoms with Crippen LogP contribution in [0.3, 0.4) is 0 Å². The SMILES string of the molecule is Nc1ccc(Cn2cccc2C(=O)O)cc1. The van der Waals surface area contributed by atoms with Crippen molar-refractivity contribution in [3.8, 4) is 0 Å². The van der Waals surface area contributed by atoms with Crippen molar-refractivity contribution in [2.75, 3.05) is 5.73 Å². The standard InChI is InChI=1S/C12H12N2O2/c13-10-5-3-9(4-6-10)8-14-7-1-2-11(14)12(15)16/h1-7H,8,13H2,(H,15,16). The number of aromatic carboxylic acids is 1. The van der Waals surface area contributed by atoms with E-state index in [9.17, 15) is 4.79 Å². The Morgan fingerprint density at radius 1 is 1.25 bits per heavy atom. The second-order valence-corrected chi connectivity index (χ2v) is 3.57. The third kappa shape index (κ3) is 2.06.